The minimum Gasteiger partial charge on any atom is -0.493 e. The van der Waals surface area contributed by atoms with E-state index in [1.165, 1.54) is 70.0 Å². The number of hydrazone groups is 1. The van der Waals surface area contributed by atoms with Crippen molar-refractivity contribution in [2.24, 2.45) is 5.10 Å². The smallest absolute Gasteiger partial charge is 0.271 e. The van der Waals surface area contributed by atoms with Crippen LogP contribution in [0.4, 0.5) is 11.4 Å². The lowest BCUT2D eigenvalue weighted by molar-refractivity contribution is -0.384. The number of carbonyl (C=O) groups is 2. The first kappa shape index (κ1) is 24.7. The summed E-state index contributed by atoms with van der Waals surface area (Å²) in [5, 5.41) is 17.4. The number of nitrogens with zero attached hydrogens (tertiary/aromatic N) is 2. The van der Waals surface area contributed by atoms with Crippen LogP contribution in [0.1, 0.15) is 26.3 Å². The Bertz CT molecular complexity index is 1250. The lowest BCUT2D eigenvalue weighted by atomic mass is 10.1. The summed E-state index contributed by atoms with van der Waals surface area (Å²) in [5.74, 6) is 0.150. The van der Waals surface area contributed by atoms with Crippen LogP contribution in [0.3, 0.4) is 0 Å². The molecule has 3 rings (SSSR count). The van der Waals surface area contributed by atoms with Crippen molar-refractivity contribution >= 4 is 29.4 Å². The molecular formula is C24H22N4O7. The Labute approximate surface area is 200 Å². The minimum atomic E-state index is -0.516. The summed E-state index contributed by atoms with van der Waals surface area (Å²) in [4.78, 5) is 35.3. The number of hydrogen-bond acceptors (Lipinski definition) is 8. The van der Waals surface area contributed by atoms with Crippen molar-refractivity contribution in [3.8, 4) is 17.2 Å². The second-order valence-corrected chi connectivity index (χ2v) is 7.00. The Balaban J connectivity index is 1.65. The van der Waals surface area contributed by atoms with E-state index in [-0.39, 0.29) is 11.3 Å². The van der Waals surface area contributed by atoms with Gasteiger partial charge in [-0.25, -0.2) is 5.43 Å². The SMILES string of the molecule is COc1cc(C(=O)Nc2ccc(C(=O)N/N=C/c3cccc([N+](=O)[O-])c3)cc2)cc(OC)c1OC. The number of carbonyl (C=O) groups excluding carboxylic acids is 2. The van der Waals surface area contributed by atoms with Gasteiger partial charge in [0, 0.05) is 34.5 Å². The maximum absolute atomic E-state index is 12.7. The number of non-ortho nitro benzene ring substituents is 1. The summed E-state index contributed by atoms with van der Waals surface area (Å²) in [6.07, 6.45) is 1.30. The fraction of sp³-hybridized carbons (Fsp3) is 0.125. The van der Waals surface area contributed by atoms with Crippen molar-refractivity contribution in [3.63, 3.8) is 0 Å². The molecule has 0 saturated carbocycles. The van der Waals surface area contributed by atoms with Crippen molar-refractivity contribution in [1.29, 1.82) is 0 Å². The van der Waals surface area contributed by atoms with E-state index in [0.717, 1.165) is 0 Å². The Morgan fingerprint density at radius 1 is 0.886 bits per heavy atom. The minimum absolute atomic E-state index is 0.0792. The first-order valence-corrected chi connectivity index (χ1v) is 10.2. The van der Waals surface area contributed by atoms with Crippen LogP contribution in [0.2, 0.25) is 0 Å². The molecule has 0 unspecified atom stereocenters. The number of hydrogen-bond donors (Lipinski definition) is 2. The summed E-state index contributed by atoms with van der Waals surface area (Å²) in [7, 11) is 4.38. The predicted molar refractivity (Wildman–Crippen MR) is 129 cm³/mol. The van der Waals surface area contributed by atoms with Gasteiger partial charge < -0.3 is 19.5 Å². The number of amides is 2. The van der Waals surface area contributed by atoms with E-state index in [9.17, 15) is 19.7 Å². The number of nitrogens with one attached hydrogen (secondary N) is 2. The quantitative estimate of drug-likeness (QED) is 0.272. The molecule has 0 spiro atoms. The highest BCUT2D eigenvalue weighted by Gasteiger charge is 2.17. The van der Waals surface area contributed by atoms with Gasteiger partial charge in [0.2, 0.25) is 5.75 Å². The van der Waals surface area contributed by atoms with Crippen LogP contribution in [0, 0.1) is 10.1 Å². The fourth-order valence-electron chi connectivity index (χ4n) is 3.07. The van der Waals surface area contributed by atoms with E-state index >= 15 is 0 Å². The molecule has 0 radical (unpaired) electrons. The molecule has 0 aliphatic heterocycles. The topological polar surface area (TPSA) is 141 Å². The van der Waals surface area contributed by atoms with Gasteiger partial charge in [-0.1, -0.05) is 12.1 Å². The Kier molecular flexibility index (Phi) is 7.96. The molecule has 11 nitrogen and oxygen atoms in total. The van der Waals surface area contributed by atoms with Crippen LogP contribution in [-0.2, 0) is 0 Å². The number of anilines is 1. The number of ether oxygens (including phenoxy) is 3. The number of methoxy groups -OCH3 is 3. The second kappa shape index (κ2) is 11.3. The van der Waals surface area contributed by atoms with Crippen molar-refractivity contribution in [3.05, 3.63) is 87.5 Å². The van der Waals surface area contributed by atoms with Crippen LogP contribution in [-0.4, -0.2) is 44.3 Å². The third kappa shape index (κ3) is 6.11. The molecule has 0 fully saturated rings. The van der Waals surface area contributed by atoms with E-state index in [0.29, 0.717) is 34.1 Å². The lowest BCUT2D eigenvalue weighted by Crippen LogP contribution is -2.18. The van der Waals surface area contributed by atoms with Crippen molar-refractivity contribution in [1.82, 2.24) is 5.43 Å². The largest absolute Gasteiger partial charge is 0.493 e. The van der Waals surface area contributed by atoms with Crippen molar-refractivity contribution in [2.75, 3.05) is 26.6 Å². The van der Waals surface area contributed by atoms with Gasteiger partial charge in [0.15, 0.2) is 11.5 Å². The van der Waals surface area contributed by atoms with Gasteiger partial charge >= 0.3 is 0 Å². The Morgan fingerprint density at radius 3 is 2.11 bits per heavy atom. The Hall–Kier alpha value is -4.93. The average Bonchev–Trinajstić information content (AvgIpc) is 2.88. The highest BCUT2D eigenvalue weighted by Crippen LogP contribution is 2.38. The molecule has 3 aromatic rings. The van der Waals surface area contributed by atoms with Gasteiger partial charge in [-0.15, -0.1) is 0 Å². The molecule has 0 aliphatic rings. The Morgan fingerprint density at radius 2 is 1.54 bits per heavy atom. The maximum atomic E-state index is 12.7. The molecule has 0 aliphatic carbocycles. The van der Waals surface area contributed by atoms with Crippen LogP contribution in [0.15, 0.2) is 65.8 Å². The van der Waals surface area contributed by atoms with E-state index in [1.54, 1.807) is 18.2 Å². The number of rotatable bonds is 9. The number of nitro groups is 1. The molecule has 2 amide bonds. The fourth-order valence-corrected chi connectivity index (χ4v) is 3.07. The van der Waals surface area contributed by atoms with E-state index in [1.807, 2.05) is 0 Å². The zero-order valence-corrected chi connectivity index (χ0v) is 19.1. The third-order valence-electron chi connectivity index (χ3n) is 4.79. The molecule has 11 heteroatoms. The van der Waals surface area contributed by atoms with Gasteiger partial charge in [-0.05, 0) is 36.4 Å². The maximum Gasteiger partial charge on any atom is 0.271 e. The first-order chi connectivity index (χ1) is 16.9. The summed E-state index contributed by atoms with van der Waals surface area (Å²) < 4.78 is 15.8. The number of nitro benzene ring substituents is 1. The molecule has 0 atom stereocenters. The third-order valence-corrected chi connectivity index (χ3v) is 4.79. The van der Waals surface area contributed by atoms with Crippen molar-refractivity contribution in [2.45, 2.75) is 0 Å². The highest BCUT2D eigenvalue weighted by molar-refractivity contribution is 6.05. The molecule has 180 valence electrons. The molecule has 3 aromatic carbocycles. The van der Waals surface area contributed by atoms with E-state index < -0.39 is 16.7 Å². The van der Waals surface area contributed by atoms with Gasteiger partial charge in [0.1, 0.15) is 0 Å². The summed E-state index contributed by atoms with van der Waals surface area (Å²) >= 11 is 0. The van der Waals surface area contributed by atoms with E-state index in [2.05, 4.69) is 15.8 Å². The zero-order valence-electron chi connectivity index (χ0n) is 19.1. The van der Waals surface area contributed by atoms with Crippen LogP contribution >= 0.6 is 0 Å². The molecule has 0 saturated heterocycles. The van der Waals surface area contributed by atoms with E-state index in [4.69, 9.17) is 14.2 Å². The lowest BCUT2D eigenvalue weighted by Gasteiger charge is -2.14. The average molecular weight is 478 g/mol. The molecule has 2 N–H and O–H groups in total. The molecule has 0 aromatic heterocycles. The summed E-state index contributed by atoms with van der Waals surface area (Å²) in [6.45, 7) is 0. The predicted octanol–water partition coefficient (Wildman–Crippen LogP) is 3.64. The molecule has 0 bridgehead atoms. The molecule has 35 heavy (non-hydrogen) atoms. The standard InChI is InChI=1S/C24H22N4O7/c1-33-20-12-17(13-21(34-2)22(20)35-3)23(29)26-18-9-7-16(8-10-18)24(30)27-25-14-15-5-4-6-19(11-15)28(31)32/h4-14H,1-3H3,(H,26,29)(H,27,30)/b25-14+. The normalized spacial score (nSPS) is 10.5. The summed E-state index contributed by atoms with van der Waals surface area (Å²) in [6, 6.07) is 15.0. The van der Waals surface area contributed by atoms with Crippen LogP contribution < -0.4 is 25.0 Å². The van der Waals surface area contributed by atoms with Gasteiger partial charge in [0.25, 0.3) is 17.5 Å². The second-order valence-electron chi connectivity index (χ2n) is 7.00. The van der Waals surface area contributed by atoms with Crippen molar-refractivity contribution < 1.29 is 28.7 Å². The van der Waals surface area contributed by atoms with Gasteiger partial charge in [-0.2, -0.15) is 5.10 Å². The molecule has 0 heterocycles. The van der Waals surface area contributed by atoms with Gasteiger partial charge in [0.05, 0.1) is 32.5 Å². The van der Waals surface area contributed by atoms with Crippen LogP contribution in [0.25, 0.3) is 0 Å². The van der Waals surface area contributed by atoms with Crippen LogP contribution in [0.5, 0.6) is 17.2 Å². The number of benzene rings is 3. The summed E-state index contributed by atoms with van der Waals surface area (Å²) in [5.41, 5.74) is 3.78. The van der Waals surface area contributed by atoms with Gasteiger partial charge in [-0.3, -0.25) is 19.7 Å². The first-order valence-electron chi connectivity index (χ1n) is 10.2. The monoisotopic (exact) mass is 478 g/mol. The molecular weight excluding hydrogens is 456 g/mol. The zero-order chi connectivity index (χ0) is 25.4. The highest BCUT2D eigenvalue weighted by atomic mass is 16.6.